The molecule has 0 spiro atoms. The number of fused-ring (bicyclic) bond motifs is 1. The summed E-state index contributed by atoms with van der Waals surface area (Å²) in [6, 6.07) is 14.1. The quantitative estimate of drug-likeness (QED) is 0.743. The summed E-state index contributed by atoms with van der Waals surface area (Å²) in [6.07, 6.45) is 3.20. The Morgan fingerprint density at radius 3 is 2.69 bits per heavy atom. The zero-order valence-corrected chi connectivity index (χ0v) is 15.3. The number of carbonyl (C=O) groups excluding carboxylic acids is 1. The Kier molecular flexibility index (Phi) is 4.61. The molecule has 26 heavy (non-hydrogen) atoms. The van der Waals surface area contributed by atoms with E-state index >= 15 is 0 Å². The Morgan fingerprint density at radius 1 is 1.15 bits per heavy atom. The SMILES string of the molecule is NCC1CCCCN1C(=O)c1ccc(-c2ccc3sc(N)nc3c2)cc1. The Morgan fingerprint density at radius 2 is 1.92 bits per heavy atom. The fourth-order valence-electron chi connectivity index (χ4n) is 3.61. The summed E-state index contributed by atoms with van der Waals surface area (Å²) in [4.78, 5) is 19.1. The monoisotopic (exact) mass is 366 g/mol. The van der Waals surface area contributed by atoms with E-state index in [-0.39, 0.29) is 11.9 Å². The van der Waals surface area contributed by atoms with Crippen LogP contribution in [0, 0.1) is 0 Å². The molecule has 2 heterocycles. The average Bonchev–Trinajstić information content (AvgIpc) is 3.06. The summed E-state index contributed by atoms with van der Waals surface area (Å²) in [6.45, 7) is 1.32. The maximum absolute atomic E-state index is 12.8. The minimum atomic E-state index is 0.0782. The van der Waals surface area contributed by atoms with Crippen LogP contribution in [0.4, 0.5) is 5.13 Å². The maximum atomic E-state index is 12.8. The number of thiazole rings is 1. The van der Waals surface area contributed by atoms with Crippen molar-refractivity contribution in [2.45, 2.75) is 25.3 Å². The average molecular weight is 366 g/mol. The number of hydrogen-bond acceptors (Lipinski definition) is 5. The van der Waals surface area contributed by atoms with Crippen LogP contribution in [0.15, 0.2) is 42.5 Å². The number of nitrogens with zero attached hydrogens (tertiary/aromatic N) is 2. The lowest BCUT2D eigenvalue weighted by atomic mass is 9.99. The van der Waals surface area contributed by atoms with Crippen molar-refractivity contribution in [3.63, 3.8) is 0 Å². The van der Waals surface area contributed by atoms with Crippen LogP contribution >= 0.6 is 11.3 Å². The van der Waals surface area contributed by atoms with E-state index in [0.717, 1.165) is 47.2 Å². The molecule has 2 aromatic carbocycles. The number of rotatable bonds is 3. The van der Waals surface area contributed by atoms with Crippen molar-refractivity contribution in [2.75, 3.05) is 18.8 Å². The van der Waals surface area contributed by atoms with E-state index < -0.39 is 0 Å². The Balaban J connectivity index is 1.58. The first kappa shape index (κ1) is 17.0. The van der Waals surface area contributed by atoms with Crippen LogP contribution in [0.25, 0.3) is 21.3 Å². The highest BCUT2D eigenvalue weighted by atomic mass is 32.1. The van der Waals surface area contributed by atoms with Crippen molar-refractivity contribution in [3.05, 3.63) is 48.0 Å². The molecule has 6 heteroatoms. The van der Waals surface area contributed by atoms with Gasteiger partial charge in [-0.2, -0.15) is 0 Å². The predicted molar refractivity (Wildman–Crippen MR) is 107 cm³/mol. The third kappa shape index (κ3) is 3.18. The zero-order valence-electron chi connectivity index (χ0n) is 14.5. The van der Waals surface area contributed by atoms with Crippen LogP contribution in [-0.2, 0) is 0 Å². The van der Waals surface area contributed by atoms with Crippen LogP contribution in [0.5, 0.6) is 0 Å². The molecule has 0 radical (unpaired) electrons. The Hall–Kier alpha value is -2.44. The predicted octanol–water partition coefficient (Wildman–Crippen LogP) is 3.50. The number of anilines is 1. The van der Waals surface area contributed by atoms with Gasteiger partial charge in [0.1, 0.15) is 0 Å². The number of benzene rings is 2. The van der Waals surface area contributed by atoms with Crippen LogP contribution < -0.4 is 11.5 Å². The summed E-state index contributed by atoms with van der Waals surface area (Å²) < 4.78 is 1.08. The van der Waals surface area contributed by atoms with Crippen molar-refractivity contribution in [1.82, 2.24) is 9.88 Å². The first-order valence-corrected chi connectivity index (χ1v) is 9.75. The highest BCUT2D eigenvalue weighted by Gasteiger charge is 2.26. The summed E-state index contributed by atoms with van der Waals surface area (Å²) in [5.74, 6) is 0.0782. The highest BCUT2D eigenvalue weighted by Crippen LogP contribution is 2.29. The van der Waals surface area contributed by atoms with E-state index in [0.29, 0.717) is 17.2 Å². The zero-order chi connectivity index (χ0) is 18.1. The number of likely N-dealkylation sites (tertiary alicyclic amines) is 1. The summed E-state index contributed by atoms with van der Waals surface area (Å²) in [5.41, 5.74) is 15.4. The Labute approximate surface area is 156 Å². The van der Waals surface area contributed by atoms with E-state index in [4.69, 9.17) is 11.5 Å². The van der Waals surface area contributed by atoms with Crippen LogP contribution in [0.3, 0.4) is 0 Å². The number of hydrogen-bond donors (Lipinski definition) is 2. The van der Waals surface area contributed by atoms with Crippen molar-refractivity contribution in [1.29, 1.82) is 0 Å². The van der Waals surface area contributed by atoms with E-state index in [9.17, 15) is 4.79 Å². The third-order valence-electron chi connectivity index (χ3n) is 5.03. The maximum Gasteiger partial charge on any atom is 0.254 e. The van der Waals surface area contributed by atoms with Gasteiger partial charge in [0, 0.05) is 24.7 Å². The number of nitrogen functional groups attached to an aromatic ring is 1. The first-order valence-electron chi connectivity index (χ1n) is 8.93. The van der Waals surface area contributed by atoms with Crippen molar-refractivity contribution >= 4 is 32.6 Å². The second-order valence-corrected chi connectivity index (χ2v) is 7.76. The molecular formula is C20H22N4OS. The van der Waals surface area contributed by atoms with Crippen molar-refractivity contribution < 1.29 is 4.79 Å². The fourth-order valence-corrected chi connectivity index (χ4v) is 4.32. The second kappa shape index (κ2) is 7.05. The normalized spacial score (nSPS) is 17.6. The number of piperidine rings is 1. The van der Waals surface area contributed by atoms with Crippen molar-refractivity contribution in [2.24, 2.45) is 5.73 Å². The van der Waals surface area contributed by atoms with Crippen LogP contribution in [-0.4, -0.2) is 34.9 Å². The minimum Gasteiger partial charge on any atom is -0.375 e. The minimum absolute atomic E-state index is 0.0782. The van der Waals surface area contributed by atoms with E-state index in [1.807, 2.05) is 41.3 Å². The number of nitrogens with two attached hydrogens (primary N) is 2. The van der Waals surface area contributed by atoms with E-state index in [1.54, 1.807) is 0 Å². The molecule has 0 saturated carbocycles. The number of carbonyl (C=O) groups is 1. The van der Waals surface area contributed by atoms with Gasteiger partial charge < -0.3 is 16.4 Å². The largest absolute Gasteiger partial charge is 0.375 e. The van der Waals surface area contributed by atoms with Gasteiger partial charge in [0.05, 0.1) is 10.2 Å². The van der Waals surface area contributed by atoms with Crippen molar-refractivity contribution in [3.8, 4) is 11.1 Å². The molecule has 4 N–H and O–H groups in total. The van der Waals surface area contributed by atoms with Gasteiger partial charge in [0.15, 0.2) is 5.13 Å². The molecule has 4 rings (SSSR count). The molecule has 0 bridgehead atoms. The highest BCUT2D eigenvalue weighted by molar-refractivity contribution is 7.22. The fraction of sp³-hybridized carbons (Fsp3) is 0.300. The topological polar surface area (TPSA) is 85.2 Å². The molecule has 1 amide bonds. The summed E-state index contributed by atoms with van der Waals surface area (Å²) in [7, 11) is 0. The van der Waals surface area contributed by atoms with Gasteiger partial charge in [-0.3, -0.25) is 4.79 Å². The molecule has 1 aliphatic heterocycles. The molecule has 0 aliphatic carbocycles. The number of aromatic nitrogens is 1. The van der Waals surface area contributed by atoms with E-state index in [2.05, 4.69) is 11.1 Å². The molecule has 1 atom stereocenters. The molecule has 5 nitrogen and oxygen atoms in total. The summed E-state index contributed by atoms with van der Waals surface area (Å²) in [5, 5.41) is 0.578. The van der Waals surface area contributed by atoms with Gasteiger partial charge >= 0.3 is 0 Å². The smallest absolute Gasteiger partial charge is 0.254 e. The van der Waals surface area contributed by atoms with E-state index in [1.165, 1.54) is 11.3 Å². The molecular weight excluding hydrogens is 344 g/mol. The third-order valence-corrected chi connectivity index (χ3v) is 5.89. The molecule has 1 fully saturated rings. The van der Waals surface area contributed by atoms with Gasteiger partial charge in [-0.25, -0.2) is 4.98 Å². The standard InChI is InChI=1S/C20H22N4OS/c21-12-16-3-1-2-10-24(16)19(25)14-6-4-13(5-7-14)15-8-9-18-17(11-15)23-20(22)26-18/h4-9,11,16H,1-3,10,12,21H2,(H2,22,23). The molecule has 134 valence electrons. The molecule has 1 saturated heterocycles. The van der Waals surface area contributed by atoms with Crippen LogP contribution in [0.2, 0.25) is 0 Å². The van der Waals surface area contributed by atoms with Gasteiger partial charge in [-0.1, -0.05) is 29.5 Å². The van der Waals surface area contributed by atoms with Crippen LogP contribution in [0.1, 0.15) is 29.6 Å². The lowest BCUT2D eigenvalue weighted by Crippen LogP contribution is -2.47. The van der Waals surface area contributed by atoms with Gasteiger partial charge in [0.2, 0.25) is 0 Å². The summed E-state index contributed by atoms with van der Waals surface area (Å²) >= 11 is 1.49. The second-order valence-electron chi connectivity index (χ2n) is 6.70. The van der Waals surface area contributed by atoms with Gasteiger partial charge in [-0.05, 0) is 54.7 Å². The lowest BCUT2D eigenvalue weighted by molar-refractivity contribution is 0.0623. The van der Waals surface area contributed by atoms with Gasteiger partial charge in [-0.15, -0.1) is 0 Å². The number of amides is 1. The molecule has 3 aromatic rings. The van der Waals surface area contributed by atoms with Gasteiger partial charge in [0.25, 0.3) is 5.91 Å². The molecule has 1 aliphatic rings. The first-order chi connectivity index (χ1) is 12.7. The Bertz CT molecular complexity index is 935. The lowest BCUT2D eigenvalue weighted by Gasteiger charge is -2.35. The molecule has 1 unspecified atom stereocenters. The molecule has 1 aromatic heterocycles.